The molecule has 2 amide bonds. The fourth-order valence-electron chi connectivity index (χ4n) is 3.11. The van der Waals surface area contributed by atoms with Crippen molar-refractivity contribution in [3.63, 3.8) is 0 Å². The summed E-state index contributed by atoms with van der Waals surface area (Å²) in [6.07, 6.45) is 0. The zero-order valence-electron chi connectivity index (χ0n) is 16.5. The van der Waals surface area contributed by atoms with Gasteiger partial charge in [0.25, 0.3) is 11.8 Å². The minimum atomic E-state index is -0.734. The summed E-state index contributed by atoms with van der Waals surface area (Å²) in [7, 11) is 0. The Balaban J connectivity index is 1.51. The third kappa shape index (κ3) is 5.14. The van der Waals surface area contributed by atoms with Crippen LogP contribution in [0.5, 0.6) is 5.75 Å². The number of carbonyl (C=O) groups excluding carboxylic acids is 3. The average molecular weight is 406 g/mol. The van der Waals surface area contributed by atoms with E-state index in [9.17, 15) is 14.4 Å². The highest BCUT2D eigenvalue weighted by Crippen LogP contribution is 2.24. The van der Waals surface area contributed by atoms with Crippen LogP contribution < -0.4 is 15.8 Å². The van der Waals surface area contributed by atoms with E-state index in [0.717, 1.165) is 16.3 Å². The van der Waals surface area contributed by atoms with Gasteiger partial charge < -0.3 is 20.5 Å². The molecule has 0 aliphatic heterocycles. The second-order valence-corrected chi connectivity index (χ2v) is 6.67. The molecule has 0 aliphatic carbocycles. The van der Waals surface area contributed by atoms with E-state index >= 15 is 0 Å². The lowest BCUT2D eigenvalue weighted by atomic mass is 10.00. The molecule has 3 aromatic carbocycles. The van der Waals surface area contributed by atoms with Crippen LogP contribution in [-0.2, 0) is 14.3 Å². The highest BCUT2D eigenvalue weighted by atomic mass is 16.6. The molecule has 3 rings (SSSR count). The Morgan fingerprint density at radius 1 is 0.933 bits per heavy atom. The molecule has 7 heteroatoms. The lowest BCUT2D eigenvalue weighted by Gasteiger charge is -2.16. The molecule has 0 bridgehead atoms. The predicted molar refractivity (Wildman–Crippen MR) is 112 cm³/mol. The van der Waals surface area contributed by atoms with E-state index in [-0.39, 0.29) is 17.4 Å². The van der Waals surface area contributed by atoms with Gasteiger partial charge in [-0.3, -0.25) is 9.59 Å². The number of rotatable bonds is 8. The summed E-state index contributed by atoms with van der Waals surface area (Å²) in [4.78, 5) is 35.4. The van der Waals surface area contributed by atoms with Crippen LogP contribution in [0.2, 0.25) is 0 Å². The zero-order chi connectivity index (χ0) is 21.5. The predicted octanol–water partition coefficient (Wildman–Crippen LogP) is 2.74. The molecule has 0 unspecified atom stereocenters. The van der Waals surface area contributed by atoms with Crippen molar-refractivity contribution in [2.24, 2.45) is 5.73 Å². The van der Waals surface area contributed by atoms with Gasteiger partial charge in [-0.1, -0.05) is 54.6 Å². The number of para-hydroxylation sites is 1. The number of hydrogen-bond donors (Lipinski definition) is 2. The topological polar surface area (TPSA) is 108 Å². The summed E-state index contributed by atoms with van der Waals surface area (Å²) in [5.74, 6) is -1.65. The van der Waals surface area contributed by atoms with Crippen molar-refractivity contribution < 1.29 is 23.9 Å². The molecule has 0 radical (unpaired) electrons. The van der Waals surface area contributed by atoms with E-state index in [1.54, 1.807) is 12.1 Å². The monoisotopic (exact) mass is 406 g/mol. The molecule has 30 heavy (non-hydrogen) atoms. The number of fused-ring (bicyclic) bond motifs is 1. The van der Waals surface area contributed by atoms with Crippen LogP contribution in [0.15, 0.2) is 66.7 Å². The number of ether oxygens (including phenoxy) is 2. The van der Waals surface area contributed by atoms with Gasteiger partial charge in [0.15, 0.2) is 13.2 Å². The minimum Gasteiger partial charge on any atom is -0.481 e. The summed E-state index contributed by atoms with van der Waals surface area (Å²) in [6, 6.07) is 19.8. The van der Waals surface area contributed by atoms with E-state index in [1.807, 2.05) is 49.4 Å². The highest BCUT2D eigenvalue weighted by Gasteiger charge is 2.15. The average Bonchev–Trinajstić information content (AvgIpc) is 2.75. The van der Waals surface area contributed by atoms with Crippen LogP contribution >= 0.6 is 0 Å². The molecule has 0 spiro atoms. The van der Waals surface area contributed by atoms with Crippen molar-refractivity contribution in [1.29, 1.82) is 0 Å². The van der Waals surface area contributed by atoms with Crippen molar-refractivity contribution in [2.45, 2.75) is 13.0 Å². The van der Waals surface area contributed by atoms with Gasteiger partial charge in [0.1, 0.15) is 5.75 Å². The molecule has 7 nitrogen and oxygen atoms in total. The standard InChI is InChI=1S/C23H22N2O5/c1-15(17-11-6-8-16-7-2-3-9-18(16)17)25-21(26)13-30-22(27)14-29-20-12-5-4-10-19(20)23(24)28/h2-12,15H,13-14H2,1H3,(H2,24,28)(H,25,26)/t15-/m0/s1. The van der Waals surface area contributed by atoms with Crippen LogP contribution in [-0.4, -0.2) is 31.0 Å². The summed E-state index contributed by atoms with van der Waals surface area (Å²) in [6.45, 7) is 0.983. The summed E-state index contributed by atoms with van der Waals surface area (Å²) in [5, 5.41) is 4.95. The van der Waals surface area contributed by atoms with Gasteiger partial charge in [-0.15, -0.1) is 0 Å². The van der Waals surface area contributed by atoms with Crippen molar-refractivity contribution in [3.8, 4) is 5.75 Å². The number of hydrogen-bond acceptors (Lipinski definition) is 5. The Labute approximate surface area is 173 Å². The first-order valence-corrected chi connectivity index (χ1v) is 9.40. The molecule has 0 saturated carbocycles. The summed E-state index contributed by atoms with van der Waals surface area (Å²) < 4.78 is 10.2. The SMILES string of the molecule is C[C@H](NC(=O)COC(=O)COc1ccccc1C(N)=O)c1cccc2ccccc12. The number of carbonyl (C=O) groups is 3. The maximum Gasteiger partial charge on any atom is 0.344 e. The Kier molecular flexibility index (Phi) is 6.64. The van der Waals surface area contributed by atoms with Gasteiger partial charge in [-0.2, -0.15) is 0 Å². The number of benzene rings is 3. The molecule has 0 fully saturated rings. The number of amides is 2. The number of esters is 1. The quantitative estimate of drug-likeness (QED) is 0.559. The molecule has 3 N–H and O–H groups in total. The molecular weight excluding hydrogens is 384 g/mol. The lowest BCUT2D eigenvalue weighted by Crippen LogP contribution is -2.32. The molecule has 0 heterocycles. The van der Waals surface area contributed by atoms with Gasteiger partial charge >= 0.3 is 5.97 Å². The number of nitrogens with one attached hydrogen (secondary N) is 1. The fourth-order valence-corrected chi connectivity index (χ4v) is 3.11. The van der Waals surface area contributed by atoms with Gasteiger partial charge in [0.2, 0.25) is 0 Å². The first kappa shape index (κ1) is 20.9. The van der Waals surface area contributed by atoms with Crippen LogP contribution in [0.3, 0.4) is 0 Å². The Morgan fingerprint density at radius 3 is 2.43 bits per heavy atom. The van der Waals surface area contributed by atoms with E-state index in [4.69, 9.17) is 15.2 Å². The molecule has 1 atom stereocenters. The smallest absolute Gasteiger partial charge is 0.344 e. The third-order valence-electron chi connectivity index (χ3n) is 4.53. The van der Waals surface area contributed by atoms with E-state index in [1.165, 1.54) is 12.1 Å². The van der Waals surface area contributed by atoms with Crippen LogP contribution in [0.4, 0.5) is 0 Å². The van der Waals surface area contributed by atoms with Gasteiger partial charge in [0.05, 0.1) is 11.6 Å². The molecule has 0 saturated heterocycles. The van der Waals surface area contributed by atoms with Gasteiger partial charge in [-0.25, -0.2) is 4.79 Å². The third-order valence-corrected chi connectivity index (χ3v) is 4.53. The van der Waals surface area contributed by atoms with E-state index in [0.29, 0.717) is 0 Å². The van der Waals surface area contributed by atoms with Crippen molar-refractivity contribution in [3.05, 3.63) is 77.9 Å². The van der Waals surface area contributed by atoms with Gasteiger partial charge in [-0.05, 0) is 35.4 Å². The molecular formula is C23H22N2O5. The largest absolute Gasteiger partial charge is 0.481 e. The molecule has 154 valence electrons. The van der Waals surface area contributed by atoms with Crippen LogP contribution in [0, 0.1) is 0 Å². The maximum absolute atomic E-state index is 12.2. The van der Waals surface area contributed by atoms with Crippen LogP contribution in [0.1, 0.15) is 28.9 Å². The first-order valence-electron chi connectivity index (χ1n) is 9.40. The lowest BCUT2D eigenvalue weighted by molar-refractivity contribution is -0.150. The summed E-state index contributed by atoms with van der Waals surface area (Å²) >= 11 is 0. The van der Waals surface area contributed by atoms with E-state index < -0.39 is 31.0 Å². The molecule has 0 aromatic heterocycles. The Morgan fingerprint density at radius 2 is 1.63 bits per heavy atom. The zero-order valence-corrected chi connectivity index (χ0v) is 16.5. The number of nitrogens with two attached hydrogens (primary N) is 1. The minimum absolute atomic E-state index is 0.159. The van der Waals surface area contributed by atoms with Crippen molar-refractivity contribution >= 4 is 28.6 Å². The first-order chi connectivity index (χ1) is 14.5. The molecule has 0 aliphatic rings. The Hall–Kier alpha value is -3.87. The second kappa shape index (κ2) is 9.56. The highest BCUT2D eigenvalue weighted by molar-refractivity contribution is 5.95. The normalized spacial score (nSPS) is 11.5. The Bertz CT molecular complexity index is 1070. The van der Waals surface area contributed by atoms with Crippen LogP contribution in [0.25, 0.3) is 10.8 Å². The van der Waals surface area contributed by atoms with Crippen molar-refractivity contribution in [1.82, 2.24) is 5.32 Å². The summed E-state index contributed by atoms with van der Waals surface area (Å²) in [5.41, 5.74) is 6.39. The number of primary amides is 1. The second-order valence-electron chi connectivity index (χ2n) is 6.67. The van der Waals surface area contributed by atoms with Gasteiger partial charge in [0, 0.05) is 0 Å². The maximum atomic E-state index is 12.2. The van der Waals surface area contributed by atoms with E-state index in [2.05, 4.69) is 5.32 Å². The molecule has 3 aromatic rings. The fraction of sp³-hybridized carbons (Fsp3) is 0.174. The van der Waals surface area contributed by atoms with Crippen molar-refractivity contribution in [2.75, 3.05) is 13.2 Å².